The summed E-state index contributed by atoms with van der Waals surface area (Å²) in [5.74, 6) is 0.123. The minimum atomic E-state index is -0.0505. The van der Waals surface area contributed by atoms with Crippen LogP contribution in [-0.2, 0) is 22.4 Å². The van der Waals surface area contributed by atoms with Gasteiger partial charge in [-0.1, -0.05) is 17.7 Å². The van der Waals surface area contributed by atoms with E-state index < -0.39 is 0 Å². The third-order valence-corrected chi connectivity index (χ3v) is 7.32. The number of nitrogens with zero attached hydrogens (tertiary/aromatic N) is 3. The molecule has 1 aromatic heterocycles. The normalized spacial score (nSPS) is 19.1. The highest BCUT2D eigenvalue weighted by atomic mass is 35.5. The summed E-state index contributed by atoms with van der Waals surface area (Å²) in [5, 5.41) is 4.69. The van der Waals surface area contributed by atoms with E-state index >= 15 is 0 Å². The number of rotatable bonds is 3. The smallest absolute Gasteiger partial charge is 0.227 e. The first-order valence-corrected chi connectivity index (χ1v) is 11.2. The predicted octanol–water partition coefficient (Wildman–Crippen LogP) is 3.52. The molecular weight excluding hydrogens is 408 g/mol. The summed E-state index contributed by atoms with van der Waals surface area (Å²) < 4.78 is 0. The molecule has 1 N–H and O–H groups in total. The number of aryl methyl sites for hydroxylation is 2. The lowest BCUT2D eigenvalue weighted by atomic mass is 9.90. The number of nitrogens with one attached hydrogen (secondary N) is 1. The van der Waals surface area contributed by atoms with Crippen LogP contribution in [0.2, 0.25) is 5.02 Å². The first-order chi connectivity index (χ1) is 13.9. The average Bonchev–Trinajstić information content (AvgIpc) is 3.14. The van der Waals surface area contributed by atoms with Gasteiger partial charge in [-0.2, -0.15) is 0 Å². The van der Waals surface area contributed by atoms with Gasteiger partial charge in [-0.25, -0.2) is 4.98 Å². The summed E-state index contributed by atoms with van der Waals surface area (Å²) in [4.78, 5) is 34.5. The molecule has 0 unspecified atom stereocenters. The lowest BCUT2D eigenvalue weighted by Crippen LogP contribution is -2.48. The summed E-state index contributed by atoms with van der Waals surface area (Å²) >= 11 is 7.86. The number of halogens is 1. The Kier molecular flexibility index (Phi) is 5.79. The number of benzene rings is 1. The van der Waals surface area contributed by atoms with Crippen LogP contribution in [0.1, 0.15) is 29.5 Å². The molecule has 1 fully saturated rings. The van der Waals surface area contributed by atoms with Crippen molar-refractivity contribution in [2.75, 3.05) is 36.4 Å². The zero-order valence-electron chi connectivity index (χ0n) is 16.7. The van der Waals surface area contributed by atoms with Crippen molar-refractivity contribution >= 4 is 45.6 Å². The quantitative estimate of drug-likeness (QED) is 0.805. The Morgan fingerprint density at radius 1 is 1.24 bits per heavy atom. The van der Waals surface area contributed by atoms with E-state index in [4.69, 9.17) is 16.6 Å². The van der Waals surface area contributed by atoms with E-state index in [2.05, 4.69) is 10.2 Å². The third kappa shape index (κ3) is 4.41. The van der Waals surface area contributed by atoms with E-state index in [-0.39, 0.29) is 17.7 Å². The highest BCUT2D eigenvalue weighted by Gasteiger charge is 2.29. The minimum Gasteiger partial charge on any atom is -0.345 e. The van der Waals surface area contributed by atoms with Gasteiger partial charge < -0.3 is 15.1 Å². The number of fused-ring (bicyclic) bond motifs is 1. The molecule has 0 bridgehead atoms. The molecule has 2 aliphatic rings. The van der Waals surface area contributed by atoms with E-state index in [1.54, 1.807) is 24.3 Å². The number of anilines is 2. The van der Waals surface area contributed by atoms with Crippen molar-refractivity contribution in [2.24, 2.45) is 5.92 Å². The zero-order chi connectivity index (χ0) is 20.5. The van der Waals surface area contributed by atoms with E-state index in [0.29, 0.717) is 5.02 Å². The van der Waals surface area contributed by atoms with Crippen LogP contribution in [0.5, 0.6) is 0 Å². The number of hydrogen-bond acceptors (Lipinski definition) is 5. The summed E-state index contributed by atoms with van der Waals surface area (Å²) in [7, 11) is 0. The maximum atomic E-state index is 12.8. The lowest BCUT2D eigenvalue weighted by molar-refractivity contribution is -0.129. The van der Waals surface area contributed by atoms with Crippen LogP contribution >= 0.6 is 22.9 Å². The predicted molar refractivity (Wildman–Crippen MR) is 117 cm³/mol. The van der Waals surface area contributed by atoms with Gasteiger partial charge in [0.1, 0.15) is 0 Å². The van der Waals surface area contributed by atoms with Gasteiger partial charge in [-0.15, -0.1) is 11.3 Å². The van der Waals surface area contributed by atoms with Crippen molar-refractivity contribution in [3.05, 3.63) is 39.4 Å². The van der Waals surface area contributed by atoms with E-state index in [1.165, 1.54) is 4.88 Å². The van der Waals surface area contributed by atoms with Gasteiger partial charge in [0.2, 0.25) is 11.8 Å². The summed E-state index contributed by atoms with van der Waals surface area (Å²) in [5.41, 5.74) is 2.86. The summed E-state index contributed by atoms with van der Waals surface area (Å²) in [6.45, 7) is 6.66. The Bertz CT molecular complexity index is 937. The number of amides is 2. The fourth-order valence-corrected chi connectivity index (χ4v) is 5.27. The van der Waals surface area contributed by atoms with Crippen LogP contribution in [0.25, 0.3) is 0 Å². The highest BCUT2D eigenvalue weighted by Crippen LogP contribution is 2.35. The van der Waals surface area contributed by atoms with Gasteiger partial charge in [0.15, 0.2) is 5.13 Å². The van der Waals surface area contributed by atoms with E-state index in [9.17, 15) is 9.59 Å². The Labute approximate surface area is 179 Å². The fraction of sp³-hybridized carbons (Fsp3) is 0.476. The molecule has 1 aliphatic carbocycles. The van der Waals surface area contributed by atoms with Gasteiger partial charge >= 0.3 is 0 Å². The van der Waals surface area contributed by atoms with Gasteiger partial charge in [0.25, 0.3) is 0 Å². The molecule has 8 heteroatoms. The maximum absolute atomic E-state index is 12.8. The second-order valence-electron chi connectivity index (χ2n) is 7.75. The second-order valence-corrected chi connectivity index (χ2v) is 9.22. The van der Waals surface area contributed by atoms with Crippen LogP contribution < -0.4 is 10.2 Å². The van der Waals surface area contributed by atoms with Gasteiger partial charge in [-0.3, -0.25) is 9.59 Å². The number of thiazole rings is 1. The van der Waals surface area contributed by atoms with Gasteiger partial charge in [-0.05, 0) is 43.9 Å². The van der Waals surface area contributed by atoms with Crippen LogP contribution in [0.15, 0.2) is 18.2 Å². The molecule has 0 radical (unpaired) electrons. The molecule has 1 aromatic carbocycles. The molecule has 2 aromatic rings. The first-order valence-electron chi connectivity index (χ1n) is 9.97. The molecule has 1 atom stereocenters. The fourth-order valence-electron chi connectivity index (χ4n) is 3.85. The SMILES string of the molecule is CC(=O)N1CCN(c2nc3c(s2)C[C@H](C(=O)Nc2ccc(C)c(Cl)c2)CC3)CC1. The van der Waals surface area contributed by atoms with Crippen molar-refractivity contribution in [1.29, 1.82) is 0 Å². The number of carbonyl (C=O) groups is 2. The van der Waals surface area contributed by atoms with Gasteiger partial charge in [0, 0.05) is 54.6 Å². The molecule has 6 nitrogen and oxygen atoms in total. The van der Waals surface area contributed by atoms with Gasteiger partial charge in [0.05, 0.1) is 5.69 Å². The number of hydrogen-bond donors (Lipinski definition) is 1. The molecule has 2 amide bonds. The first kappa shape index (κ1) is 20.2. The number of piperazine rings is 1. The molecule has 0 spiro atoms. The Hall–Kier alpha value is -2.12. The summed E-state index contributed by atoms with van der Waals surface area (Å²) in [6, 6.07) is 5.60. The monoisotopic (exact) mass is 432 g/mol. The standard InChI is InChI=1S/C21H25ClN4O2S/c1-13-3-5-16(12-17(13)22)23-20(28)15-4-6-18-19(11-15)29-21(24-18)26-9-7-25(8-10-26)14(2)27/h3,5,12,15H,4,6-11H2,1-2H3,(H,23,28)/t15-/m1/s1. The second kappa shape index (κ2) is 8.32. The molecule has 1 saturated heterocycles. The van der Waals surface area contributed by atoms with Crippen LogP contribution in [-0.4, -0.2) is 47.9 Å². The van der Waals surface area contributed by atoms with E-state index in [0.717, 1.165) is 67.5 Å². The molecule has 0 saturated carbocycles. The van der Waals surface area contributed by atoms with Crippen molar-refractivity contribution in [2.45, 2.75) is 33.1 Å². The largest absolute Gasteiger partial charge is 0.345 e. The van der Waals surface area contributed by atoms with E-state index in [1.807, 2.05) is 24.0 Å². The number of aromatic nitrogens is 1. The minimum absolute atomic E-state index is 0.0422. The zero-order valence-corrected chi connectivity index (χ0v) is 18.3. The Balaban J connectivity index is 1.39. The molecule has 4 rings (SSSR count). The van der Waals surface area contributed by atoms with Crippen LogP contribution in [0.3, 0.4) is 0 Å². The number of carbonyl (C=O) groups excluding carboxylic acids is 2. The molecule has 2 heterocycles. The molecular formula is C21H25ClN4O2S. The lowest BCUT2D eigenvalue weighted by Gasteiger charge is -2.33. The average molecular weight is 433 g/mol. The Morgan fingerprint density at radius 2 is 2.00 bits per heavy atom. The van der Waals surface area contributed by atoms with Crippen LogP contribution in [0.4, 0.5) is 10.8 Å². The molecule has 29 heavy (non-hydrogen) atoms. The van der Waals surface area contributed by atoms with Crippen molar-refractivity contribution < 1.29 is 9.59 Å². The maximum Gasteiger partial charge on any atom is 0.227 e. The Morgan fingerprint density at radius 3 is 2.69 bits per heavy atom. The molecule has 154 valence electrons. The molecule has 1 aliphatic heterocycles. The highest BCUT2D eigenvalue weighted by molar-refractivity contribution is 7.15. The van der Waals surface area contributed by atoms with Crippen molar-refractivity contribution in [3.63, 3.8) is 0 Å². The summed E-state index contributed by atoms with van der Waals surface area (Å²) in [6.07, 6.45) is 2.36. The topological polar surface area (TPSA) is 65.5 Å². The van der Waals surface area contributed by atoms with Crippen molar-refractivity contribution in [1.82, 2.24) is 9.88 Å². The third-order valence-electron chi connectivity index (χ3n) is 5.73. The van der Waals surface area contributed by atoms with Crippen molar-refractivity contribution in [3.8, 4) is 0 Å². The van der Waals surface area contributed by atoms with Crippen LogP contribution in [0, 0.1) is 12.8 Å².